The number of amides is 1. The number of nitrogens with one attached hydrogen (secondary N) is 2. The van der Waals surface area contributed by atoms with Crippen LogP contribution in [0.25, 0.3) is 0 Å². The molecule has 1 aromatic rings. The van der Waals surface area contributed by atoms with Crippen molar-refractivity contribution in [3.8, 4) is 0 Å². The summed E-state index contributed by atoms with van der Waals surface area (Å²) >= 11 is 0. The number of hydrogen-bond donors (Lipinski definition) is 2. The van der Waals surface area contributed by atoms with Crippen molar-refractivity contribution < 1.29 is 17.4 Å². The predicted molar refractivity (Wildman–Crippen MR) is 79.5 cm³/mol. The molecule has 1 saturated carbocycles. The van der Waals surface area contributed by atoms with Crippen LogP contribution in [0.3, 0.4) is 0 Å². The van der Waals surface area contributed by atoms with Gasteiger partial charge in [-0.15, -0.1) is 0 Å². The Hall–Kier alpha value is -0.930. The summed E-state index contributed by atoms with van der Waals surface area (Å²) in [6.07, 6.45) is 3.82. The summed E-state index contributed by atoms with van der Waals surface area (Å²) < 4.78 is 34.3. The molecule has 1 unspecified atom stereocenters. The highest BCUT2D eigenvalue weighted by molar-refractivity contribution is 8.13. The van der Waals surface area contributed by atoms with E-state index in [0.717, 1.165) is 12.8 Å². The van der Waals surface area contributed by atoms with Crippen LogP contribution in [0.4, 0.5) is 0 Å². The predicted octanol–water partition coefficient (Wildman–Crippen LogP) is 0.713. The van der Waals surface area contributed by atoms with Crippen LogP contribution >= 0.6 is 10.7 Å². The van der Waals surface area contributed by atoms with Gasteiger partial charge in [-0.2, -0.15) is 5.10 Å². The largest absolute Gasteiger partial charge is 0.351 e. The lowest BCUT2D eigenvalue weighted by Crippen LogP contribution is -2.27. The lowest BCUT2D eigenvalue weighted by atomic mass is 10.2. The van der Waals surface area contributed by atoms with E-state index in [4.69, 9.17) is 10.7 Å². The van der Waals surface area contributed by atoms with E-state index in [1.54, 1.807) is 6.26 Å². The topological polar surface area (TPSA) is 109 Å². The molecule has 0 spiro atoms. The first-order valence-corrected chi connectivity index (χ1v) is 10.5. The molecule has 2 rings (SSSR count). The summed E-state index contributed by atoms with van der Waals surface area (Å²) in [6.45, 7) is 0.297. The fourth-order valence-corrected chi connectivity index (χ4v) is 3.82. The molecule has 1 atom stereocenters. The maximum Gasteiger partial charge on any atom is 0.273 e. The minimum absolute atomic E-state index is 0.0742. The Balaban J connectivity index is 2.12. The van der Waals surface area contributed by atoms with Gasteiger partial charge < -0.3 is 5.32 Å². The van der Waals surface area contributed by atoms with E-state index in [1.165, 1.54) is 0 Å². The van der Waals surface area contributed by atoms with Crippen molar-refractivity contribution in [1.82, 2.24) is 15.5 Å². The van der Waals surface area contributed by atoms with Gasteiger partial charge >= 0.3 is 0 Å². The number of aromatic nitrogens is 2. The molecular formula is C11H16ClN3O4S2. The smallest absolute Gasteiger partial charge is 0.273 e. The maximum absolute atomic E-state index is 12.0. The highest BCUT2D eigenvalue weighted by atomic mass is 35.7. The number of aromatic amines is 1. The van der Waals surface area contributed by atoms with Gasteiger partial charge in [0.15, 0.2) is 5.69 Å². The highest BCUT2D eigenvalue weighted by Crippen LogP contribution is 2.43. The van der Waals surface area contributed by atoms with Gasteiger partial charge in [0.25, 0.3) is 15.0 Å². The van der Waals surface area contributed by atoms with Crippen LogP contribution in [-0.4, -0.2) is 47.3 Å². The second-order valence-corrected chi connectivity index (χ2v) is 8.97. The molecule has 2 N–H and O–H groups in total. The molecule has 10 heteroatoms. The van der Waals surface area contributed by atoms with Crippen molar-refractivity contribution in [2.24, 2.45) is 0 Å². The molecule has 1 heterocycles. The summed E-state index contributed by atoms with van der Waals surface area (Å²) in [5, 5.41) is 8.97. The quantitative estimate of drug-likeness (QED) is 0.554. The first-order chi connectivity index (χ1) is 9.80. The van der Waals surface area contributed by atoms with Gasteiger partial charge in [0, 0.05) is 46.0 Å². The first-order valence-electron chi connectivity index (χ1n) is 6.42. The van der Waals surface area contributed by atoms with Crippen LogP contribution in [0.2, 0.25) is 0 Å². The molecule has 1 aromatic heterocycles. The Kier molecular flexibility index (Phi) is 5.05. The monoisotopic (exact) mass is 353 g/mol. The maximum atomic E-state index is 12.0. The minimum Gasteiger partial charge on any atom is -0.351 e. The number of nitrogens with zero attached hydrogens (tertiary/aromatic N) is 1. The number of H-pyrrole nitrogens is 1. The van der Waals surface area contributed by atoms with Gasteiger partial charge in [0.2, 0.25) is 0 Å². The summed E-state index contributed by atoms with van der Waals surface area (Å²) in [4.78, 5) is 11.8. The molecule has 0 saturated heterocycles. The van der Waals surface area contributed by atoms with E-state index in [2.05, 4.69) is 15.5 Å². The average molecular weight is 354 g/mol. The van der Waals surface area contributed by atoms with E-state index >= 15 is 0 Å². The number of carbonyl (C=O) groups excluding carboxylic acids is 1. The van der Waals surface area contributed by atoms with Gasteiger partial charge in [-0.1, -0.05) is 0 Å². The molecule has 1 fully saturated rings. The Bertz CT molecular complexity index is 667. The van der Waals surface area contributed by atoms with Crippen LogP contribution in [0, 0.1) is 0 Å². The van der Waals surface area contributed by atoms with Crippen molar-refractivity contribution in [2.45, 2.75) is 30.1 Å². The molecular weight excluding hydrogens is 338 g/mol. The zero-order valence-electron chi connectivity index (χ0n) is 11.4. The average Bonchev–Trinajstić information content (AvgIpc) is 3.11. The molecule has 1 aliphatic carbocycles. The number of hydrogen-bond acceptors (Lipinski definition) is 5. The second kappa shape index (κ2) is 6.45. The van der Waals surface area contributed by atoms with Crippen LogP contribution in [0.15, 0.2) is 4.90 Å². The van der Waals surface area contributed by atoms with Crippen molar-refractivity contribution >= 4 is 36.4 Å². The standard InChI is InChI=1S/C11H16ClN3O4S2/c1-20(17)6-2-5-13-11(16)9-10(21(12,18)19)8(14-15-9)7-3-4-7/h7H,2-6H2,1H3,(H,13,16)(H,14,15). The summed E-state index contributed by atoms with van der Waals surface area (Å²) in [5.41, 5.74) is 0.203. The van der Waals surface area contributed by atoms with Gasteiger partial charge in [-0.3, -0.25) is 14.1 Å². The molecule has 0 aromatic carbocycles. The van der Waals surface area contributed by atoms with E-state index in [-0.39, 0.29) is 16.5 Å². The minimum atomic E-state index is -4.05. The molecule has 0 bridgehead atoms. The van der Waals surface area contributed by atoms with Crippen molar-refractivity contribution in [2.75, 3.05) is 18.6 Å². The van der Waals surface area contributed by atoms with Gasteiger partial charge in [-0.25, -0.2) is 8.42 Å². The Morgan fingerprint density at radius 3 is 2.71 bits per heavy atom. The Labute approximate surface area is 129 Å². The molecule has 118 valence electrons. The third kappa shape index (κ3) is 4.27. The van der Waals surface area contributed by atoms with E-state index in [1.807, 2.05) is 0 Å². The van der Waals surface area contributed by atoms with E-state index < -0.39 is 25.8 Å². The molecule has 0 aliphatic heterocycles. The first kappa shape index (κ1) is 16.4. The van der Waals surface area contributed by atoms with Gasteiger partial charge in [-0.05, 0) is 19.3 Å². The van der Waals surface area contributed by atoms with Crippen LogP contribution < -0.4 is 5.32 Å². The Morgan fingerprint density at radius 1 is 1.52 bits per heavy atom. The zero-order chi connectivity index (χ0) is 15.6. The summed E-state index contributed by atoms with van der Waals surface area (Å²) in [6, 6.07) is 0. The third-order valence-electron chi connectivity index (χ3n) is 3.09. The van der Waals surface area contributed by atoms with Crippen LogP contribution in [-0.2, 0) is 19.9 Å². The van der Waals surface area contributed by atoms with Crippen molar-refractivity contribution in [1.29, 1.82) is 0 Å². The Morgan fingerprint density at radius 2 is 2.19 bits per heavy atom. The number of rotatable bonds is 7. The fourth-order valence-electron chi connectivity index (χ4n) is 1.96. The molecule has 7 nitrogen and oxygen atoms in total. The summed E-state index contributed by atoms with van der Waals surface area (Å²) in [5.74, 6) is -0.0567. The zero-order valence-corrected chi connectivity index (χ0v) is 13.8. The highest BCUT2D eigenvalue weighted by Gasteiger charge is 2.36. The normalized spacial score (nSPS) is 16.7. The van der Waals surface area contributed by atoms with Gasteiger partial charge in [0.05, 0.1) is 5.69 Å². The molecule has 1 aliphatic rings. The third-order valence-corrected chi connectivity index (χ3v) is 5.31. The molecule has 1 amide bonds. The SMILES string of the molecule is CS(=O)CCCNC(=O)c1n[nH]c(C2CC2)c1S(=O)(=O)Cl. The fraction of sp³-hybridized carbons (Fsp3) is 0.636. The molecule has 21 heavy (non-hydrogen) atoms. The van der Waals surface area contributed by atoms with Crippen molar-refractivity contribution in [3.63, 3.8) is 0 Å². The van der Waals surface area contributed by atoms with Crippen LogP contribution in [0.5, 0.6) is 0 Å². The van der Waals surface area contributed by atoms with Crippen LogP contribution in [0.1, 0.15) is 41.4 Å². The van der Waals surface area contributed by atoms with E-state index in [0.29, 0.717) is 24.4 Å². The van der Waals surface area contributed by atoms with Crippen molar-refractivity contribution in [3.05, 3.63) is 11.4 Å². The molecule has 0 radical (unpaired) electrons. The number of carbonyl (C=O) groups is 1. The lowest BCUT2D eigenvalue weighted by Gasteiger charge is -2.04. The van der Waals surface area contributed by atoms with Gasteiger partial charge in [0.1, 0.15) is 4.90 Å². The number of halogens is 1. The lowest BCUT2D eigenvalue weighted by molar-refractivity contribution is 0.0945. The second-order valence-electron chi connectivity index (χ2n) is 4.91. The van der Waals surface area contributed by atoms with E-state index in [9.17, 15) is 17.4 Å². The summed E-state index contributed by atoms with van der Waals surface area (Å²) in [7, 11) is 0.448.